The van der Waals surface area contributed by atoms with Crippen LogP contribution < -0.4 is 5.73 Å². The monoisotopic (exact) mass is 245 g/mol. The third-order valence-electron chi connectivity index (χ3n) is 3.51. The lowest BCUT2D eigenvalue weighted by Crippen LogP contribution is -2.10. The molecule has 4 nitrogen and oxygen atoms in total. The van der Waals surface area contributed by atoms with Crippen LogP contribution in [0.5, 0.6) is 0 Å². The molecule has 4 heteroatoms. The zero-order chi connectivity index (χ0) is 12.5. The maximum absolute atomic E-state index is 5.97. The largest absolute Gasteiger partial charge is 0.379 e. The molecule has 0 saturated heterocycles. The van der Waals surface area contributed by atoms with Crippen molar-refractivity contribution in [3.05, 3.63) is 23.8 Å². The van der Waals surface area contributed by atoms with E-state index in [1.165, 1.54) is 18.4 Å². The molecule has 0 unspecified atom stereocenters. The second kappa shape index (κ2) is 4.61. The highest BCUT2D eigenvalue weighted by Crippen LogP contribution is 2.28. The lowest BCUT2D eigenvalue weighted by molar-refractivity contribution is 0.118. The van der Waals surface area contributed by atoms with Crippen LogP contribution in [0.3, 0.4) is 0 Å². The average Bonchev–Trinajstić information content (AvgIpc) is 3.10. The molecule has 0 atom stereocenters. The number of nitrogens with two attached hydrogens (primary N) is 1. The van der Waals surface area contributed by atoms with E-state index < -0.39 is 0 Å². The van der Waals surface area contributed by atoms with E-state index in [0.717, 1.165) is 30.1 Å². The van der Waals surface area contributed by atoms with Crippen LogP contribution in [0.4, 0.5) is 5.95 Å². The zero-order valence-electron chi connectivity index (χ0n) is 10.7. The molecular weight excluding hydrogens is 226 g/mol. The first-order valence-electron chi connectivity index (χ1n) is 6.55. The lowest BCUT2D eigenvalue weighted by Gasteiger charge is -2.08. The molecule has 2 aromatic rings. The number of aryl methyl sites for hydroxylation is 1. The van der Waals surface area contributed by atoms with Crippen molar-refractivity contribution >= 4 is 17.0 Å². The molecule has 1 aliphatic rings. The van der Waals surface area contributed by atoms with Gasteiger partial charge in [-0.3, -0.25) is 0 Å². The number of para-hydroxylation sites is 1. The normalized spacial score (nSPS) is 15.4. The van der Waals surface area contributed by atoms with E-state index in [1.807, 2.05) is 12.1 Å². The number of benzene rings is 1. The highest BCUT2D eigenvalue weighted by Gasteiger charge is 2.21. The van der Waals surface area contributed by atoms with Crippen LogP contribution in [-0.2, 0) is 11.3 Å². The lowest BCUT2D eigenvalue weighted by atomic mass is 10.2. The van der Waals surface area contributed by atoms with Gasteiger partial charge in [0.2, 0.25) is 5.95 Å². The van der Waals surface area contributed by atoms with Gasteiger partial charge in [-0.2, -0.15) is 0 Å². The Balaban J connectivity index is 1.75. The first-order chi connectivity index (χ1) is 8.75. The molecule has 18 heavy (non-hydrogen) atoms. The minimum Gasteiger partial charge on any atom is -0.379 e. The standard InChI is InChI=1S/C14H19N3O/c1-10-3-2-4-12-13(10)17(14(15)16-12)7-8-18-9-11-5-6-11/h2-4,11H,5-9H2,1H3,(H2,15,16). The molecule has 3 rings (SSSR count). The van der Waals surface area contributed by atoms with Gasteiger partial charge in [0.15, 0.2) is 0 Å². The topological polar surface area (TPSA) is 53.1 Å². The van der Waals surface area contributed by atoms with Crippen LogP contribution >= 0.6 is 0 Å². The Hall–Kier alpha value is -1.55. The van der Waals surface area contributed by atoms with Crippen LogP contribution in [0, 0.1) is 12.8 Å². The van der Waals surface area contributed by atoms with Gasteiger partial charge in [-0.1, -0.05) is 12.1 Å². The van der Waals surface area contributed by atoms with Crippen molar-refractivity contribution in [2.75, 3.05) is 18.9 Å². The Morgan fingerprint density at radius 3 is 3.06 bits per heavy atom. The van der Waals surface area contributed by atoms with E-state index in [-0.39, 0.29) is 0 Å². The molecule has 1 aliphatic carbocycles. The maximum atomic E-state index is 5.97. The molecule has 1 aromatic carbocycles. The summed E-state index contributed by atoms with van der Waals surface area (Å²) in [7, 11) is 0. The van der Waals surface area contributed by atoms with Gasteiger partial charge >= 0.3 is 0 Å². The first-order valence-corrected chi connectivity index (χ1v) is 6.55. The predicted octanol–water partition coefficient (Wildman–Crippen LogP) is 2.35. The molecule has 0 spiro atoms. The summed E-state index contributed by atoms with van der Waals surface area (Å²) in [6.07, 6.45) is 2.66. The van der Waals surface area contributed by atoms with E-state index in [1.54, 1.807) is 0 Å². The molecule has 0 aliphatic heterocycles. The fourth-order valence-corrected chi connectivity index (χ4v) is 2.30. The van der Waals surface area contributed by atoms with E-state index >= 15 is 0 Å². The molecule has 1 aromatic heterocycles. The Labute approximate surface area is 107 Å². The van der Waals surface area contributed by atoms with Crippen LogP contribution in [0.1, 0.15) is 18.4 Å². The van der Waals surface area contributed by atoms with E-state index in [0.29, 0.717) is 12.6 Å². The Bertz CT molecular complexity index is 557. The Morgan fingerprint density at radius 2 is 2.28 bits per heavy atom. The summed E-state index contributed by atoms with van der Waals surface area (Å²) in [6, 6.07) is 6.10. The molecule has 1 heterocycles. The number of hydrogen-bond donors (Lipinski definition) is 1. The number of fused-ring (bicyclic) bond motifs is 1. The summed E-state index contributed by atoms with van der Waals surface area (Å²) in [5.74, 6) is 1.39. The highest BCUT2D eigenvalue weighted by atomic mass is 16.5. The first kappa shape index (κ1) is 11.5. The number of nitrogens with zero attached hydrogens (tertiary/aromatic N) is 2. The number of hydrogen-bond acceptors (Lipinski definition) is 3. The number of imidazole rings is 1. The number of anilines is 1. The van der Waals surface area contributed by atoms with Crippen LogP contribution in [0.15, 0.2) is 18.2 Å². The predicted molar refractivity (Wildman–Crippen MR) is 72.4 cm³/mol. The van der Waals surface area contributed by atoms with Crippen molar-refractivity contribution in [2.45, 2.75) is 26.3 Å². The number of aromatic nitrogens is 2. The molecule has 0 amide bonds. The minimum absolute atomic E-state index is 0.578. The molecule has 96 valence electrons. The van der Waals surface area contributed by atoms with Gasteiger partial charge in [-0.15, -0.1) is 0 Å². The number of ether oxygens (including phenoxy) is 1. The van der Waals surface area contributed by atoms with Gasteiger partial charge < -0.3 is 15.0 Å². The van der Waals surface area contributed by atoms with Crippen molar-refractivity contribution in [2.24, 2.45) is 5.92 Å². The zero-order valence-corrected chi connectivity index (χ0v) is 10.7. The Kier molecular flexibility index (Phi) is 2.96. The quantitative estimate of drug-likeness (QED) is 0.823. The molecule has 2 N–H and O–H groups in total. The molecule has 1 saturated carbocycles. The van der Waals surface area contributed by atoms with Gasteiger partial charge in [0.05, 0.1) is 17.6 Å². The van der Waals surface area contributed by atoms with Crippen LogP contribution in [-0.4, -0.2) is 22.8 Å². The third-order valence-corrected chi connectivity index (χ3v) is 3.51. The molecular formula is C14H19N3O. The molecule has 0 bridgehead atoms. The summed E-state index contributed by atoms with van der Waals surface area (Å²) >= 11 is 0. The van der Waals surface area contributed by atoms with Gasteiger partial charge in [-0.25, -0.2) is 4.98 Å². The number of nitrogen functional groups attached to an aromatic ring is 1. The SMILES string of the molecule is Cc1cccc2nc(N)n(CCOCC3CC3)c12. The highest BCUT2D eigenvalue weighted by molar-refractivity contribution is 5.81. The smallest absolute Gasteiger partial charge is 0.201 e. The summed E-state index contributed by atoms with van der Waals surface area (Å²) in [6.45, 7) is 4.47. The minimum atomic E-state index is 0.578. The summed E-state index contributed by atoms with van der Waals surface area (Å²) in [4.78, 5) is 4.39. The summed E-state index contributed by atoms with van der Waals surface area (Å²) in [5, 5.41) is 0. The second-order valence-corrected chi connectivity index (χ2v) is 5.08. The molecule has 1 fully saturated rings. The van der Waals surface area contributed by atoms with Crippen LogP contribution in [0.25, 0.3) is 11.0 Å². The van der Waals surface area contributed by atoms with Gasteiger partial charge in [0.1, 0.15) is 0 Å². The van der Waals surface area contributed by atoms with Crippen LogP contribution in [0.2, 0.25) is 0 Å². The second-order valence-electron chi connectivity index (χ2n) is 5.08. The fraction of sp³-hybridized carbons (Fsp3) is 0.500. The summed E-state index contributed by atoms with van der Waals surface area (Å²) < 4.78 is 7.72. The van der Waals surface area contributed by atoms with E-state index in [9.17, 15) is 0 Å². The van der Waals surface area contributed by atoms with Gasteiger partial charge in [0.25, 0.3) is 0 Å². The van der Waals surface area contributed by atoms with Gasteiger partial charge in [0, 0.05) is 13.2 Å². The number of rotatable bonds is 5. The van der Waals surface area contributed by atoms with Crippen molar-refractivity contribution in [3.63, 3.8) is 0 Å². The maximum Gasteiger partial charge on any atom is 0.201 e. The fourth-order valence-electron chi connectivity index (χ4n) is 2.30. The summed E-state index contributed by atoms with van der Waals surface area (Å²) in [5.41, 5.74) is 9.28. The average molecular weight is 245 g/mol. The Morgan fingerprint density at radius 1 is 1.44 bits per heavy atom. The third kappa shape index (κ3) is 2.20. The molecule has 0 radical (unpaired) electrons. The van der Waals surface area contributed by atoms with E-state index in [2.05, 4.69) is 22.5 Å². The van der Waals surface area contributed by atoms with Crippen molar-refractivity contribution < 1.29 is 4.74 Å². The van der Waals surface area contributed by atoms with E-state index in [4.69, 9.17) is 10.5 Å². The van der Waals surface area contributed by atoms with Crippen molar-refractivity contribution in [3.8, 4) is 0 Å². The van der Waals surface area contributed by atoms with Crippen molar-refractivity contribution in [1.82, 2.24) is 9.55 Å². The van der Waals surface area contributed by atoms with Crippen molar-refractivity contribution in [1.29, 1.82) is 0 Å². The van der Waals surface area contributed by atoms with Gasteiger partial charge in [-0.05, 0) is 37.3 Å².